The normalized spacial score (nSPS) is 11.2. The van der Waals surface area contributed by atoms with E-state index < -0.39 is 36.6 Å². The SMILES string of the molecule is O=C(COC(=O)Cc1cccc(C(F)(F)F)c1)Nc1c(Cl)c(Cl)cc(Cl)c1Cl. The van der Waals surface area contributed by atoms with Crippen LogP contribution in [0.3, 0.4) is 0 Å². The van der Waals surface area contributed by atoms with Crippen molar-refractivity contribution in [3.8, 4) is 0 Å². The van der Waals surface area contributed by atoms with Crippen LogP contribution in [0.1, 0.15) is 11.1 Å². The van der Waals surface area contributed by atoms with Crippen LogP contribution in [0.4, 0.5) is 18.9 Å². The first-order valence-electron chi connectivity index (χ1n) is 7.43. The summed E-state index contributed by atoms with van der Waals surface area (Å²) in [4.78, 5) is 23.7. The monoisotopic (exact) mass is 473 g/mol. The number of rotatable bonds is 5. The van der Waals surface area contributed by atoms with Crippen LogP contribution in [-0.4, -0.2) is 18.5 Å². The van der Waals surface area contributed by atoms with E-state index in [2.05, 4.69) is 5.32 Å². The number of esters is 1. The number of anilines is 1. The van der Waals surface area contributed by atoms with Gasteiger partial charge in [0.1, 0.15) is 0 Å². The van der Waals surface area contributed by atoms with Crippen molar-refractivity contribution in [2.75, 3.05) is 11.9 Å². The number of hydrogen-bond acceptors (Lipinski definition) is 3. The third kappa shape index (κ3) is 5.91. The van der Waals surface area contributed by atoms with E-state index in [1.165, 1.54) is 18.2 Å². The molecule has 2 aromatic carbocycles. The minimum atomic E-state index is -4.53. The van der Waals surface area contributed by atoms with Gasteiger partial charge in [0.25, 0.3) is 5.91 Å². The maximum atomic E-state index is 12.7. The van der Waals surface area contributed by atoms with Crippen molar-refractivity contribution in [1.82, 2.24) is 0 Å². The molecule has 0 radical (unpaired) electrons. The van der Waals surface area contributed by atoms with Crippen LogP contribution < -0.4 is 5.32 Å². The molecular formula is C17H10Cl4F3NO3. The summed E-state index contributed by atoms with van der Waals surface area (Å²) in [6.45, 7) is -0.714. The molecule has 0 heterocycles. The lowest BCUT2D eigenvalue weighted by molar-refractivity contribution is -0.146. The van der Waals surface area contributed by atoms with Crippen molar-refractivity contribution in [2.24, 2.45) is 0 Å². The summed E-state index contributed by atoms with van der Waals surface area (Å²) >= 11 is 23.6. The van der Waals surface area contributed by atoms with Gasteiger partial charge in [-0.25, -0.2) is 0 Å². The maximum absolute atomic E-state index is 12.7. The fourth-order valence-electron chi connectivity index (χ4n) is 2.08. The lowest BCUT2D eigenvalue weighted by Gasteiger charge is -2.12. The molecule has 0 saturated carbocycles. The number of nitrogens with one attached hydrogen (secondary N) is 1. The third-order valence-corrected chi connectivity index (χ3v) is 4.92. The van der Waals surface area contributed by atoms with Crippen LogP contribution in [0.2, 0.25) is 20.1 Å². The first-order valence-corrected chi connectivity index (χ1v) is 8.95. The summed E-state index contributed by atoms with van der Waals surface area (Å²) in [5.74, 6) is -1.68. The Morgan fingerprint density at radius 3 is 2.18 bits per heavy atom. The minimum absolute atomic E-state index is 0.0490. The lowest BCUT2D eigenvalue weighted by atomic mass is 10.1. The molecule has 0 bridgehead atoms. The van der Waals surface area contributed by atoms with E-state index in [9.17, 15) is 22.8 Å². The molecule has 150 valence electrons. The summed E-state index contributed by atoms with van der Waals surface area (Å²) < 4.78 is 42.8. The van der Waals surface area contributed by atoms with Crippen molar-refractivity contribution >= 4 is 64.0 Å². The quantitative estimate of drug-likeness (QED) is 0.424. The zero-order valence-corrected chi connectivity index (χ0v) is 16.7. The van der Waals surface area contributed by atoms with E-state index in [-0.39, 0.29) is 31.3 Å². The highest BCUT2D eigenvalue weighted by atomic mass is 35.5. The molecule has 1 amide bonds. The fraction of sp³-hybridized carbons (Fsp3) is 0.176. The van der Waals surface area contributed by atoms with Gasteiger partial charge in [-0.3, -0.25) is 9.59 Å². The molecule has 0 aliphatic rings. The Morgan fingerprint density at radius 1 is 1.00 bits per heavy atom. The van der Waals surface area contributed by atoms with Crippen molar-refractivity contribution in [3.63, 3.8) is 0 Å². The van der Waals surface area contributed by atoms with Crippen LogP contribution in [0.5, 0.6) is 0 Å². The molecule has 0 atom stereocenters. The Bertz CT molecular complexity index is 893. The summed E-state index contributed by atoms with van der Waals surface area (Å²) in [7, 11) is 0. The molecule has 0 aliphatic heterocycles. The lowest BCUT2D eigenvalue weighted by Crippen LogP contribution is -2.22. The van der Waals surface area contributed by atoms with Crippen molar-refractivity contribution in [2.45, 2.75) is 12.6 Å². The second-order valence-corrected chi connectivity index (χ2v) is 7.00. The van der Waals surface area contributed by atoms with Crippen LogP contribution >= 0.6 is 46.4 Å². The Labute approximate surface area is 177 Å². The Hall–Kier alpha value is -1.67. The second kappa shape index (κ2) is 9.22. The van der Waals surface area contributed by atoms with Gasteiger partial charge in [0.2, 0.25) is 0 Å². The van der Waals surface area contributed by atoms with E-state index in [1.54, 1.807) is 0 Å². The smallest absolute Gasteiger partial charge is 0.416 e. The van der Waals surface area contributed by atoms with Crippen molar-refractivity contribution < 1.29 is 27.5 Å². The number of halogens is 7. The molecule has 0 unspecified atom stereocenters. The zero-order chi connectivity index (χ0) is 21.1. The summed E-state index contributed by atoms with van der Waals surface area (Å²) in [6, 6.07) is 5.51. The molecule has 2 aromatic rings. The van der Waals surface area contributed by atoms with Crippen molar-refractivity contribution in [1.29, 1.82) is 0 Å². The molecule has 0 saturated heterocycles. The van der Waals surface area contributed by atoms with E-state index in [0.29, 0.717) is 0 Å². The van der Waals surface area contributed by atoms with Gasteiger partial charge in [0, 0.05) is 0 Å². The number of ether oxygens (including phenoxy) is 1. The first-order chi connectivity index (χ1) is 13.0. The minimum Gasteiger partial charge on any atom is -0.455 e. The average molecular weight is 475 g/mol. The molecule has 28 heavy (non-hydrogen) atoms. The Balaban J connectivity index is 1.96. The molecule has 11 heteroatoms. The van der Waals surface area contributed by atoms with E-state index in [0.717, 1.165) is 12.1 Å². The van der Waals surface area contributed by atoms with E-state index in [4.69, 9.17) is 51.1 Å². The highest BCUT2D eigenvalue weighted by Crippen LogP contribution is 2.41. The summed E-state index contributed by atoms with van der Waals surface area (Å²) in [6.07, 6.45) is -4.97. The zero-order valence-electron chi connectivity index (χ0n) is 13.7. The molecule has 4 nitrogen and oxygen atoms in total. The molecule has 0 aliphatic carbocycles. The topological polar surface area (TPSA) is 55.4 Å². The van der Waals surface area contributed by atoms with Gasteiger partial charge in [-0.15, -0.1) is 0 Å². The summed E-state index contributed by atoms with van der Waals surface area (Å²) in [5, 5.41) is 2.30. The van der Waals surface area contributed by atoms with Gasteiger partial charge in [0.15, 0.2) is 6.61 Å². The number of hydrogen-bond donors (Lipinski definition) is 1. The number of carbonyl (C=O) groups excluding carboxylic acids is 2. The molecule has 1 N–H and O–H groups in total. The Morgan fingerprint density at radius 2 is 1.61 bits per heavy atom. The van der Waals surface area contributed by atoms with Crippen LogP contribution in [0.15, 0.2) is 30.3 Å². The molecule has 0 aromatic heterocycles. The fourth-order valence-corrected chi connectivity index (χ4v) is 2.98. The third-order valence-electron chi connectivity index (χ3n) is 3.34. The second-order valence-electron chi connectivity index (χ2n) is 5.43. The summed E-state index contributed by atoms with van der Waals surface area (Å²) in [5.41, 5.74) is -0.856. The van der Waals surface area contributed by atoms with Crippen LogP contribution in [-0.2, 0) is 26.9 Å². The van der Waals surface area contributed by atoms with Gasteiger partial charge in [0.05, 0.1) is 37.8 Å². The van der Waals surface area contributed by atoms with E-state index >= 15 is 0 Å². The van der Waals surface area contributed by atoms with E-state index in [1.807, 2.05) is 0 Å². The number of benzene rings is 2. The highest BCUT2D eigenvalue weighted by Gasteiger charge is 2.30. The number of alkyl halides is 3. The maximum Gasteiger partial charge on any atom is 0.416 e. The molecule has 0 spiro atoms. The van der Waals surface area contributed by atoms with Gasteiger partial charge < -0.3 is 10.1 Å². The van der Waals surface area contributed by atoms with Gasteiger partial charge >= 0.3 is 12.1 Å². The van der Waals surface area contributed by atoms with Gasteiger partial charge in [-0.2, -0.15) is 13.2 Å². The highest BCUT2D eigenvalue weighted by molar-refractivity contribution is 6.50. The number of carbonyl (C=O) groups is 2. The van der Waals surface area contributed by atoms with Gasteiger partial charge in [-0.05, 0) is 17.7 Å². The molecule has 2 rings (SSSR count). The average Bonchev–Trinajstić information content (AvgIpc) is 2.61. The predicted molar refractivity (Wildman–Crippen MR) is 101 cm³/mol. The molecule has 0 fully saturated rings. The first kappa shape index (κ1) is 22.6. The molecular weight excluding hydrogens is 465 g/mol. The van der Waals surface area contributed by atoms with Crippen LogP contribution in [0.25, 0.3) is 0 Å². The standard InChI is InChI=1S/C17H10Cl4F3NO3/c18-10-6-11(19)15(21)16(14(10)20)25-12(26)7-28-13(27)5-8-2-1-3-9(4-8)17(22,23)24/h1-4,6H,5,7H2,(H,25,26). The largest absolute Gasteiger partial charge is 0.455 e. The predicted octanol–water partition coefficient (Wildman–Crippen LogP) is 6.04. The van der Waals surface area contributed by atoms with Crippen LogP contribution in [0, 0.1) is 0 Å². The van der Waals surface area contributed by atoms with Gasteiger partial charge in [-0.1, -0.05) is 64.6 Å². The number of amides is 1. The Kier molecular flexibility index (Phi) is 7.45. The van der Waals surface area contributed by atoms with Crippen molar-refractivity contribution in [3.05, 3.63) is 61.5 Å².